The van der Waals surface area contributed by atoms with Crippen molar-refractivity contribution < 1.29 is 13.2 Å². The lowest BCUT2D eigenvalue weighted by Crippen LogP contribution is -2.40. The molecule has 0 aromatic heterocycles. The summed E-state index contributed by atoms with van der Waals surface area (Å²) in [5.74, 6) is -0.320. The van der Waals surface area contributed by atoms with Crippen molar-refractivity contribution in [3.05, 3.63) is 57.7 Å². The highest BCUT2D eigenvalue weighted by Gasteiger charge is 2.21. The SMILES string of the molecule is CC(C)(C)NS(=O)(=O)c1ccc(NC(=S)NC(=O)c2cccc(I)c2)cc1. The zero-order chi connectivity index (χ0) is 20.2. The Morgan fingerprint density at radius 3 is 2.26 bits per heavy atom. The van der Waals surface area contributed by atoms with Crippen LogP contribution in [0.15, 0.2) is 53.4 Å². The van der Waals surface area contributed by atoms with Crippen LogP contribution in [0.5, 0.6) is 0 Å². The van der Waals surface area contributed by atoms with Gasteiger partial charge in [0.05, 0.1) is 4.90 Å². The number of nitrogens with one attached hydrogen (secondary N) is 3. The van der Waals surface area contributed by atoms with E-state index in [2.05, 4.69) is 37.9 Å². The third-order valence-electron chi connectivity index (χ3n) is 3.18. The second-order valence-electron chi connectivity index (χ2n) is 6.80. The summed E-state index contributed by atoms with van der Waals surface area (Å²) < 4.78 is 28.1. The van der Waals surface area contributed by atoms with Gasteiger partial charge in [-0.2, -0.15) is 0 Å². The molecule has 9 heteroatoms. The predicted molar refractivity (Wildman–Crippen MR) is 119 cm³/mol. The molecule has 0 fully saturated rings. The number of carbonyl (C=O) groups excluding carboxylic acids is 1. The van der Waals surface area contributed by atoms with Gasteiger partial charge in [0.15, 0.2) is 5.11 Å². The molecule has 0 atom stereocenters. The third kappa shape index (κ3) is 6.83. The maximum Gasteiger partial charge on any atom is 0.257 e. The van der Waals surface area contributed by atoms with Gasteiger partial charge in [0.1, 0.15) is 0 Å². The number of anilines is 1. The number of amides is 1. The van der Waals surface area contributed by atoms with Crippen LogP contribution in [0, 0.1) is 3.57 Å². The van der Waals surface area contributed by atoms with E-state index in [0.29, 0.717) is 11.3 Å². The zero-order valence-electron chi connectivity index (χ0n) is 15.0. The molecule has 0 bridgehead atoms. The molecule has 2 aromatic rings. The Kier molecular flexibility index (Phi) is 6.95. The monoisotopic (exact) mass is 517 g/mol. The van der Waals surface area contributed by atoms with Crippen molar-refractivity contribution in [1.82, 2.24) is 10.0 Å². The summed E-state index contributed by atoms with van der Waals surface area (Å²) in [6, 6.07) is 13.2. The predicted octanol–water partition coefficient (Wildman–Crippen LogP) is 3.49. The first-order chi connectivity index (χ1) is 12.5. The van der Waals surface area contributed by atoms with E-state index in [0.717, 1.165) is 3.57 Å². The highest BCUT2D eigenvalue weighted by molar-refractivity contribution is 14.1. The second-order valence-corrected chi connectivity index (χ2v) is 10.1. The fourth-order valence-electron chi connectivity index (χ4n) is 2.15. The molecule has 0 radical (unpaired) electrons. The van der Waals surface area contributed by atoms with Crippen molar-refractivity contribution in [2.45, 2.75) is 31.2 Å². The highest BCUT2D eigenvalue weighted by atomic mass is 127. The van der Waals surface area contributed by atoms with E-state index >= 15 is 0 Å². The minimum atomic E-state index is -3.60. The van der Waals surface area contributed by atoms with Gasteiger partial charge < -0.3 is 5.32 Å². The van der Waals surface area contributed by atoms with E-state index in [4.69, 9.17) is 12.2 Å². The summed E-state index contributed by atoms with van der Waals surface area (Å²) in [4.78, 5) is 12.3. The zero-order valence-corrected chi connectivity index (χ0v) is 18.8. The molecule has 1 amide bonds. The van der Waals surface area contributed by atoms with Gasteiger partial charge in [-0.25, -0.2) is 13.1 Å². The molecule has 0 spiro atoms. The minimum absolute atomic E-state index is 0.127. The van der Waals surface area contributed by atoms with Crippen LogP contribution in [-0.2, 0) is 10.0 Å². The van der Waals surface area contributed by atoms with Crippen molar-refractivity contribution >= 4 is 61.5 Å². The number of thiocarbonyl (C=S) groups is 1. The van der Waals surface area contributed by atoms with Crippen LogP contribution in [-0.4, -0.2) is 25.0 Å². The van der Waals surface area contributed by atoms with Gasteiger partial charge in [-0.15, -0.1) is 0 Å². The van der Waals surface area contributed by atoms with Gasteiger partial charge in [-0.1, -0.05) is 6.07 Å². The molecular formula is C18H20IN3O3S2. The molecule has 144 valence electrons. The van der Waals surface area contributed by atoms with Crippen LogP contribution in [0.4, 0.5) is 5.69 Å². The molecule has 0 unspecified atom stereocenters. The molecule has 2 rings (SSSR count). The van der Waals surface area contributed by atoms with Crippen LogP contribution in [0.3, 0.4) is 0 Å². The van der Waals surface area contributed by atoms with Gasteiger partial charge in [-0.05, 0) is 98.0 Å². The molecule has 0 aliphatic carbocycles. The van der Waals surface area contributed by atoms with E-state index in [1.807, 2.05) is 6.07 Å². The van der Waals surface area contributed by atoms with Crippen molar-refractivity contribution in [1.29, 1.82) is 0 Å². The Balaban J connectivity index is 2.02. The Hall–Kier alpha value is -1.56. The van der Waals surface area contributed by atoms with Gasteiger partial charge in [0, 0.05) is 20.4 Å². The molecule has 2 aromatic carbocycles. The summed E-state index contributed by atoms with van der Waals surface area (Å²) in [5, 5.41) is 5.59. The van der Waals surface area contributed by atoms with Crippen LogP contribution < -0.4 is 15.4 Å². The average Bonchev–Trinajstić information content (AvgIpc) is 2.53. The topological polar surface area (TPSA) is 87.3 Å². The van der Waals surface area contributed by atoms with E-state index in [-0.39, 0.29) is 15.9 Å². The van der Waals surface area contributed by atoms with E-state index in [1.165, 1.54) is 12.1 Å². The van der Waals surface area contributed by atoms with Crippen LogP contribution in [0.25, 0.3) is 0 Å². The number of rotatable bonds is 4. The number of halogens is 1. The summed E-state index contributed by atoms with van der Waals surface area (Å²) in [6.07, 6.45) is 0. The lowest BCUT2D eigenvalue weighted by Gasteiger charge is -2.20. The average molecular weight is 517 g/mol. The van der Waals surface area contributed by atoms with Crippen molar-refractivity contribution in [3.63, 3.8) is 0 Å². The molecule has 0 saturated heterocycles. The smallest absolute Gasteiger partial charge is 0.257 e. The molecule has 0 aliphatic heterocycles. The van der Waals surface area contributed by atoms with Crippen molar-refractivity contribution in [2.75, 3.05) is 5.32 Å². The Bertz CT molecular complexity index is 953. The minimum Gasteiger partial charge on any atom is -0.332 e. The third-order valence-corrected chi connectivity index (χ3v) is 5.83. The van der Waals surface area contributed by atoms with Gasteiger partial charge in [0.2, 0.25) is 10.0 Å². The lowest BCUT2D eigenvalue weighted by molar-refractivity contribution is 0.0977. The van der Waals surface area contributed by atoms with Crippen molar-refractivity contribution in [2.24, 2.45) is 0 Å². The van der Waals surface area contributed by atoms with Crippen molar-refractivity contribution in [3.8, 4) is 0 Å². The number of benzene rings is 2. The molecule has 0 saturated carbocycles. The number of hydrogen-bond acceptors (Lipinski definition) is 4. The first-order valence-electron chi connectivity index (χ1n) is 7.98. The molecule has 3 N–H and O–H groups in total. The fourth-order valence-corrected chi connectivity index (χ4v) is 4.32. The quantitative estimate of drug-likeness (QED) is 0.427. The summed E-state index contributed by atoms with van der Waals surface area (Å²) in [7, 11) is -3.60. The largest absolute Gasteiger partial charge is 0.332 e. The summed E-state index contributed by atoms with van der Waals surface area (Å²) in [6.45, 7) is 5.32. The lowest BCUT2D eigenvalue weighted by atomic mass is 10.1. The van der Waals surface area contributed by atoms with E-state index < -0.39 is 15.6 Å². The number of carbonyl (C=O) groups is 1. The molecule has 6 nitrogen and oxygen atoms in total. The van der Waals surface area contributed by atoms with Crippen LogP contribution in [0.1, 0.15) is 31.1 Å². The first-order valence-corrected chi connectivity index (χ1v) is 11.0. The standard InChI is InChI=1S/C18H20IN3O3S2/c1-18(2,3)22-27(24,25)15-9-7-14(8-10-15)20-17(26)21-16(23)12-5-4-6-13(19)11-12/h4-11,22H,1-3H3,(H2,20,21,23,26). The summed E-state index contributed by atoms with van der Waals surface area (Å²) >= 11 is 7.27. The number of sulfonamides is 1. The first kappa shape index (κ1) is 21.7. The Morgan fingerprint density at radius 2 is 1.70 bits per heavy atom. The molecular weight excluding hydrogens is 497 g/mol. The van der Waals surface area contributed by atoms with Crippen LogP contribution >= 0.6 is 34.8 Å². The Labute approximate surface area is 178 Å². The molecule has 0 heterocycles. The summed E-state index contributed by atoms with van der Waals surface area (Å²) in [5.41, 5.74) is 0.495. The fraction of sp³-hybridized carbons (Fsp3) is 0.222. The maximum absolute atomic E-state index is 12.3. The van der Waals surface area contributed by atoms with Gasteiger partial charge in [0.25, 0.3) is 5.91 Å². The Morgan fingerprint density at radius 1 is 1.07 bits per heavy atom. The second kappa shape index (κ2) is 8.63. The van der Waals surface area contributed by atoms with E-state index in [1.54, 1.807) is 51.1 Å². The van der Waals surface area contributed by atoms with Crippen LogP contribution in [0.2, 0.25) is 0 Å². The molecule has 0 aliphatic rings. The van der Waals surface area contributed by atoms with E-state index in [9.17, 15) is 13.2 Å². The number of hydrogen-bond donors (Lipinski definition) is 3. The highest BCUT2D eigenvalue weighted by Crippen LogP contribution is 2.16. The van der Waals surface area contributed by atoms with Gasteiger partial charge >= 0.3 is 0 Å². The maximum atomic E-state index is 12.3. The van der Waals surface area contributed by atoms with Gasteiger partial charge in [-0.3, -0.25) is 10.1 Å². The normalized spacial score (nSPS) is 11.7. The molecule has 27 heavy (non-hydrogen) atoms.